The van der Waals surface area contributed by atoms with Crippen LogP contribution in [0.4, 0.5) is 0 Å². The van der Waals surface area contributed by atoms with E-state index in [9.17, 15) is 0 Å². The second-order valence-corrected chi connectivity index (χ2v) is 4.71. The van der Waals surface area contributed by atoms with Gasteiger partial charge in [-0.15, -0.1) is 0 Å². The Balaban J connectivity index is 2.00. The predicted octanol–water partition coefficient (Wildman–Crippen LogP) is 3.27. The molecule has 0 aliphatic carbocycles. The Morgan fingerprint density at radius 2 is 1.76 bits per heavy atom. The molecule has 2 heteroatoms. The van der Waals surface area contributed by atoms with E-state index in [1.807, 2.05) is 12.1 Å². The van der Waals surface area contributed by atoms with Gasteiger partial charge in [-0.05, 0) is 23.8 Å². The van der Waals surface area contributed by atoms with Crippen molar-refractivity contribution in [2.75, 3.05) is 13.1 Å². The molecule has 1 N–H and O–H groups in total. The van der Waals surface area contributed by atoms with Crippen LogP contribution < -0.4 is 5.32 Å². The smallest absolute Gasteiger partial charge is 0.135 e. The molecule has 1 aliphatic rings. The minimum Gasteiger partial charge on any atom is -0.456 e. The molecule has 3 aromatic rings. The van der Waals surface area contributed by atoms with Gasteiger partial charge in [-0.3, -0.25) is 0 Å². The van der Waals surface area contributed by atoms with Crippen LogP contribution in [0.2, 0.25) is 0 Å². The third-order valence-electron chi connectivity index (χ3n) is 3.65. The molecule has 1 fully saturated rings. The first-order valence-corrected chi connectivity index (χ1v) is 6.04. The van der Waals surface area contributed by atoms with E-state index < -0.39 is 0 Å². The normalized spacial score (nSPS) is 16.5. The first kappa shape index (κ1) is 9.25. The molecule has 2 heterocycles. The quantitative estimate of drug-likeness (QED) is 0.685. The lowest BCUT2D eigenvalue weighted by Gasteiger charge is -2.27. The van der Waals surface area contributed by atoms with Crippen molar-refractivity contribution in [3.63, 3.8) is 0 Å². The van der Waals surface area contributed by atoms with Gasteiger partial charge in [-0.2, -0.15) is 0 Å². The highest BCUT2D eigenvalue weighted by Crippen LogP contribution is 2.31. The Bertz CT molecular complexity index is 694. The first-order valence-electron chi connectivity index (χ1n) is 6.04. The van der Waals surface area contributed by atoms with Crippen molar-refractivity contribution in [1.82, 2.24) is 5.32 Å². The van der Waals surface area contributed by atoms with E-state index in [0.717, 1.165) is 24.3 Å². The highest BCUT2D eigenvalue weighted by Gasteiger charge is 2.19. The Hall–Kier alpha value is -1.80. The van der Waals surface area contributed by atoms with Gasteiger partial charge in [-0.1, -0.05) is 24.3 Å². The van der Waals surface area contributed by atoms with Crippen LogP contribution in [0, 0.1) is 0 Å². The van der Waals surface area contributed by atoms with Gasteiger partial charge in [0.1, 0.15) is 11.2 Å². The fraction of sp³-hybridized carbons (Fsp3) is 0.200. The lowest BCUT2D eigenvalue weighted by Crippen LogP contribution is -2.39. The molecule has 2 nitrogen and oxygen atoms in total. The molecule has 84 valence electrons. The van der Waals surface area contributed by atoms with Crippen molar-refractivity contribution >= 4 is 21.9 Å². The number of rotatable bonds is 1. The number of hydrogen-bond acceptors (Lipinski definition) is 2. The second kappa shape index (κ2) is 3.34. The monoisotopic (exact) mass is 223 g/mol. The molecule has 0 bridgehead atoms. The van der Waals surface area contributed by atoms with Gasteiger partial charge < -0.3 is 9.73 Å². The molecule has 1 aliphatic heterocycles. The maximum atomic E-state index is 5.82. The van der Waals surface area contributed by atoms with E-state index in [1.54, 1.807) is 0 Å². The Kier molecular flexibility index (Phi) is 1.82. The van der Waals surface area contributed by atoms with E-state index in [0.29, 0.717) is 5.92 Å². The highest BCUT2D eigenvalue weighted by atomic mass is 16.3. The van der Waals surface area contributed by atoms with Crippen LogP contribution in [0.3, 0.4) is 0 Å². The number of fused-ring (bicyclic) bond motifs is 3. The number of benzene rings is 2. The standard InChI is InChI=1S/C15H13NO/c1-2-4-14-12(3-1)13-7-10(11-8-16-9-11)5-6-15(13)17-14/h1-7,11,16H,8-9H2. The number of para-hydroxylation sites is 1. The summed E-state index contributed by atoms with van der Waals surface area (Å²) in [5.41, 5.74) is 3.39. The molecule has 1 saturated heterocycles. The molecule has 1 aromatic heterocycles. The SMILES string of the molecule is c1ccc2c(c1)oc1ccc(C3CNC3)cc12. The molecule has 0 radical (unpaired) electrons. The van der Waals surface area contributed by atoms with E-state index in [2.05, 4.69) is 35.6 Å². The van der Waals surface area contributed by atoms with Crippen molar-refractivity contribution in [2.45, 2.75) is 5.92 Å². The minimum absolute atomic E-state index is 0.674. The van der Waals surface area contributed by atoms with Crippen LogP contribution >= 0.6 is 0 Å². The zero-order chi connectivity index (χ0) is 11.2. The van der Waals surface area contributed by atoms with Gasteiger partial charge in [0.25, 0.3) is 0 Å². The van der Waals surface area contributed by atoms with Crippen molar-refractivity contribution in [3.05, 3.63) is 48.0 Å². The van der Waals surface area contributed by atoms with Crippen LogP contribution in [0.1, 0.15) is 11.5 Å². The van der Waals surface area contributed by atoms with Gasteiger partial charge >= 0.3 is 0 Å². The second-order valence-electron chi connectivity index (χ2n) is 4.71. The van der Waals surface area contributed by atoms with Crippen molar-refractivity contribution in [1.29, 1.82) is 0 Å². The molecule has 0 unspecified atom stereocenters. The zero-order valence-electron chi connectivity index (χ0n) is 9.44. The molecule has 17 heavy (non-hydrogen) atoms. The fourth-order valence-corrected chi connectivity index (χ4v) is 2.52. The maximum absolute atomic E-state index is 5.82. The number of nitrogens with one attached hydrogen (secondary N) is 1. The summed E-state index contributed by atoms with van der Waals surface area (Å²) in [6.45, 7) is 2.20. The number of hydrogen-bond donors (Lipinski definition) is 1. The Labute approximate surface area is 99.2 Å². The molecular weight excluding hydrogens is 210 g/mol. The summed E-state index contributed by atoms with van der Waals surface area (Å²) < 4.78 is 5.82. The minimum atomic E-state index is 0.674. The summed E-state index contributed by atoms with van der Waals surface area (Å²) >= 11 is 0. The van der Waals surface area contributed by atoms with E-state index in [-0.39, 0.29) is 0 Å². The first-order chi connectivity index (χ1) is 8.42. The molecule has 0 amide bonds. The Morgan fingerprint density at radius 1 is 0.941 bits per heavy atom. The number of furan rings is 1. The summed E-state index contributed by atoms with van der Waals surface area (Å²) in [7, 11) is 0. The summed E-state index contributed by atoms with van der Waals surface area (Å²) in [6, 6.07) is 14.8. The van der Waals surface area contributed by atoms with Crippen LogP contribution in [0.25, 0.3) is 21.9 Å². The molecular formula is C15H13NO. The van der Waals surface area contributed by atoms with Gasteiger partial charge in [0.2, 0.25) is 0 Å². The van der Waals surface area contributed by atoms with Crippen LogP contribution in [0.15, 0.2) is 46.9 Å². The topological polar surface area (TPSA) is 25.2 Å². The molecule has 0 spiro atoms. The highest BCUT2D eigenvalue weighted by molar-refractivity contribution is 6.05. The van der Waals surface area contributed by atoms with Crippen LogP contribution in [0.5, 0.6) is 0 Å². The molecule has 4 rings (SSSR count). The van der Waals surface area contributed by atoms with Crippen molar-refractivity contribution in [2.24, 2.45) is 0 Å². The summed E-state index contributed by atoms with van der Waals surface area (Å²) in [5.74, 6) is 0.674. The van der Waals surface area contributed by atoms with E-state index >= 15 is 0 Å². The van der Waals surface area contributed by atoms with Crippen LogP contribution in [-0.2, 0) is 0 Å². The zero-order valence-corrected chi connectivity index (χ0v) is 9.44. The van der Waals surface area contributed by atoms with Crippen LogP contribution in [-0.4, -0.2) is 13.1 Å². The van der Waals surface area contributed by atoms with Gasteiger partial charge in [0.05, 0.1) is 0 Å². The molecule has 0 atom stereocenters. The van der Waals surface area contributed by atoms with Crippen molar-refractivity contribution < 1.29 is 4.42 Å². The average molecular weight is 223 g/mol. The maximum Gasteiger partial charge on any atom is 0.135 e. The predicted molar refractivity (Wildman–Crippen MR) is 69.3 cm³/mol. The lowest BCUT2D eigenvalue weighted by molar-refractivity contribution is 0.448. The third kappa shape index (κ3) is 1.31. The largest absolute Gasteiger partial charge is 0.456 e. The average Bonchev–Trinajstić information content (AvgIpc) is 2.65. The lowest BCUT2D eigenvalue weighted by atomic mass is 9.92. The molecule has 0 saturated carbocycles. The van der Waals surface area contributed by atoms with E-state index in [1.165, 1.54) is 16.3 Å². The van der Waals surface area contributed by atoms with Gasteiger partial charge in [-0.25, -0.2) is 0 Å². The van der Waals surface area contributed by atoms with E-state index in [4.69, 9.17) is 4.42 Å². The summed E-state index contributed by atoms with van der Waals surface area (Å²) in [4.78, 5) is 0. The fourth-order valence-electron chi connectivity index (χ4n) is 2.52. The van der Waals surface area contributed by atoms with Gasteiger partial charge in [0.15, 0.2) is 0 Å². The molecule has 2 aromatic carbocycles. The van der Waals surface area contributed by atoms with Gasteiger partial charge in [0, 0.05) is 29.8 Å². The summed E-state index contributed by atoms with van der Waals surface area (Å²) in [5, 5.41) is 5.78. The summed E-state index contributed by atoms with van der Waals surface area (Å²) in [6.07, 6.45) is 0. The van der Waals surface area contributed by atoms with Crippen molar-refractivity contribution in [3.8, 4) is 0 Å². The third-order valence-corrected chi connectivity index (χ3v) is 3.65. The Morgan fingerprint density at radius 3 is 2.59 bits per heavy atom.